The lowest BCUT2D eigenvalue weighted by molar-refractivity contribution is -0.0452. The third-order valence-corrected chi connectivity index (χ3v) is 5.36. The first kappa shape index (κ1) is 20.7. The molecule has 1 aliphatic carbocycles. The van der Waals surface area contributed by atoms with E-state index in [9.17, 15) is 13.6 Å². The van der Waals surface area contributed by atoms with Gasteiger partial charge in [-0.05, 0) is 43.0 Å². The molecule has 8 heteroatoms. The van der Waals surface area contributed by atoms with Crippen LogP contribution in [0.5, 0.6) is 0 Å². The monoisotopic (exact) mass is 411 g/mol. The number of benzene rings is 1. The average Bonchev–Trinajstić information content (AvgIpc) is 2.67. The Bertz CT molecular complexity index is 838. The van der Waals surface area contributed by atoms with Crippen LogP contribution in [0.15, 0.2) is 24.3 Å². The van der Waals surface area contributed by atoms with Crippen molar-refractivity contribution in [3.8, 4) is 0 Å². The number of carbonyl (C=O) groups is 1. The zero-order valence-corrected chi connectivity index (χ0v) is 16.5. The van der Waals surface area contributed by atoms with Crippen molar-refractivity contribution in [3.63, 3.8) is 0 Å². The molecule has 0 spiro atoms. The predicted molar refractivity (Wildman–Crippen MR) is 106 cm³/mol. The highest BCUT2D eigenvalue weighted by Gasteiger charge is 2.34. The molecule has 28 heavy (non-hydrogen) atoms. The normalized spacial score (nSPS) is 16.9. The van der Waals surface area contributed by atoms with E-state index in [4.69, 9.17) is 16.3 Å². The van der Waals surface area contributed by atoms with Gasteiger partial charge in [-0.1, -0.05) is 11.6 Å². The molecule has 0 atom stereocenters. The standard InChI is InChI=1S/C20H24ClF2N3O2/c1-28-11-10-24-17-5-2-14-16(26-17)4-3-15(21)18(14)19(27)25-12-13-6-8-20(22,23)9-7-13/h2-5,13H,6-12H2,1H3,(H,24,26)(H,25,27). The molecule has 1 aromatic heterocycles. The summed E-state index contributed by atoms with van der Waals surface area (Å²) in [6.45, 7) is 1.54. The number of amides is 1. The third kappa shape index (κ3) is 5.08. The second kappa shape index (κ2) is 9.01. The highest BCUT2D eigenvalue weighted by Crippen LogP contribution is 2.36. The molecule has 1 heterocycles. The molecule has 5 nitrogen and oxygen atoms in total. The van der Waals surface area contributed by atoms with Crippen molar-refractivity contribution < 1.29 is 18.3 Å². The Hall–Kier alpha value is -1.99. The summed E-state index contributed by atoms with van der Waals surface area (Å²) in [5.74, 6) is -2.14. The lowest BCUT2D eigenvalue weighted by Gasteiger charge is -2.28. The number of hydrogen-bond acceptors (Lipinski definition) is 4. The van der Waals surface area contributed by atoms with Crippen molar-refractivity contribution in [1.29, 1.82) is 0 Å². The van der Waals surface area contributed by atoms with Crippen LogP contribution in [0.4, 0.5) is 14.6 Å². The molecular formula is C20H24ClF2N3O2. The summed E-state index contributed by atoms with van der Waals surface area (Å²) in [4.78, 5) is 17.3. The van der Waals surface area contributed by atoms with Crippen molar-refractivity contribution in [3.05, 3.63) is 34.9 Å². The summed E-state index contributed by atoms with van der Waals surface area (Å²) >= 11 is 6.28. The number of nitrogens with one attached hydrogen (secondary N) is 2. The summed E-state index contributed by atoms with van der Waals surface area (Å²) in [5.41, 5.74) is 1.01. The van der Waals surface area contributed by atoms with Gasteiger partial charge in [-0.3, -0.25) is 4.79 Å². The molecule has 1 saturated carbocycles. The van der Waals surface area contributed by atoms with Crippen LogP contribution in [0.1, 0.15) is 36.0 Å². The molecule has 0 radical (unpaired) electrons. The van der Waals surface area contributed by atoms with Crippen molar-refractivity contribution in [1.82, 2.24) is 10.3 Å². The van der Waals surface area contributed by atoms with Gasteiger partial charge >= 0.3 is 0 Å². The molecule has 1 amide bonds. The molecule has 0 unspecified atom stereocenters. The largest absolute Gasteiger partial charge is 0.383 e. The average molecular weight is 412 g/mol. The molecule has 2 aromatic rings. The van der Waals surface area contributed by atoms with Crippen LogP contribution in [0.25, 0.3) is 10.9 Å². The van der Waals surface area contributed by atoms with Crippen LogP contribution >= 0.6 is 11.6 Å². The van der Waals surface area contributed by atoms with E-state index in [2.05, 4.69) is 15.6 Å². The highest BCUT2D eigenvalue weighted by molar-refractivity contribution is 6.35. The van der Waals surface area contributed by atoms with E-state index in [0.717, 1.165) is 0 Å². The smallest absolute Gasteiger partial charge is 0.253 e. The van der Waals surface area contributed by atoms with E-state index >= 15 is 0 Å². The van der Waals surface area contributed by atoms with Crippen LogP contribution in [-0.2, 0) is 4.74 Å². The number of anilines is 1. The van der Waals surface area contributed by atoms with Crippen LogP contribution < -0.4 is 10.6 Å². The van der Waals surface area contributed by atoms with E-state index in [1.54, 1.807) is 31.4 Å². The maximum atomic E-state index is 13.3. The molecule has 0 aliphatic heterocycles. The zero-order valence-electron chi connectivity index (χ0n) is 15.7. The molecule has 1 aromatic carbocycles. The van der Waals surface area contributed by atoms with Crippen molar-refractivity contribution >= 4 is 34.2 Å². The number of hydrogen-bond donors (Lipinski definition) is 2. The summed E-state index contributed by atoms with van der Waals surface area (Å²) in [5, 5.41) is 6.99. The van der Waals surface area contributed by atoms with Gasteiger partial charge in [-0.15, -0.1) is 0 Å². The number of pyridine rings is 1. The fourth-order valence-electron chi connectivity index (χ4n) is 3.42. The SMILES string of the molecule is COCCNc1ccc2c(C(=O)NCC3CCC(F)(F)CC3)c(Cl)ccc2n1. The minimum Gasteiger partial charge on any atom is -0.383 e. The number of alkyl halides is 2. The van der Waals surface area contributed by atoms with E-state index in [1.165, 1.54) is 0 Å². The molecule has 152 valence electrons. The first-order valence-electron chi connectivity index (χ1n) is 9.38. The Labute approximate surface area is 167 Å². The van der Waals surface area contributed by atoms with Gasteiger partial charge in [0.25, 0.3) is 5.91 Å². The Kier molecular flexibility index (Phi) is 6.67. The number of ether oxygens (including phenoxy) is 1. The quantitative estimate of drug-likeness (QED) is 0.658. The number of fused-ring (bicyclic) bond motifs is 1. The highest BCUT2D eigenvalue weighted by atomic mass is 35.5. The number of rotatable bonds is 7. The Morgan fingerprint density at radius 2 is 2.04 bits per heavy atom. The fourth-order valence-corrected chi connectivity index (χ4v) is 3.67. The van der Waals surface area contributed by atoms with E-state index in [0.29, 0.717) is 59.8 Å². The summed E-state index contributed by atoms with van der Waals surface area (Å²) in [6, 6.07) is 7.00. The number of nitrogens with zero attached hydrogens (tertiary/aromatic N) is 1. The minimum absolute atomic E-state index is 0.0621. The zero-order chi connectivity index (χ0) is 20.1. The molecule has 3 rings (SSSR count). The molecule has 0 saturated heterocycles. The molecular weight excluding hydrogens is 388 g/mol. The summed E-state index contributed by atoms with van der Waals surface area (Å²) in [6.07, 6.45) is 0.583. The maximum Gasteiger partial charge on any atom is 0.253 e. The Morgan fingerprint density at radius 3 is 2.75 bits per heavy atom. The lowest BCUT2D eigenvalue weighted by atomic mass is 9.87. The van der Waals surface area contributed by atoms with Crippen LogP contribution in [-0.4, -0.2) is 43.6 Å². The Balaban J connectivity index is 1.70. The van der Waals surface area contributed by atoms with E-state index in [1.807, 2.05) is 0 Å². The van der Waals surface area contributed by atoms with Crippen molar-refractivity contribution in [2.75, 3.05) is 32.1 Å². The first-order chi connectivity index (χ1) is 13.4. The number of aromatic nitrogens is 1. The summed E-state index contributed by atoms with van der Waals surface area (Å²) in [7, 11) is 1.63. The van der Waals surface area contributed by atoms with Crippen LogP contribution in [0, 0.1) is 5.92 Å². The maximum absolute atomic E-state index is 13.3. The molecule has 1 aliphatic rings. The van der Waals surface area contributed by atoms with Gasteiger partial charge < -0.3 is 15.4 Å². The van der Waals surface area contributed by atoms with Crippen LogP contribution in [0.2, 0.25) is 5.02 Å². The molecule has 0 bridgehead atoms. The van der Waals surface area contributed by atoms with E-state index in [-0.39, 0.29) is 24.7 Å². The first-order valence-corrected chi connectivity index (χ1v) is 9.75. The Morgan fingerprint density at radius 1 is 1.29 bits per heavy atom. The van der Waals surface area contributed by atoms with Crippen molar-refractivity contribution in [2.45, 2.75) is 31.6 Å². The number of methoxy groups -OCH3 is 1. The predicted octanol–water partition coefficient (Wildman–Crippen LogP) is 4.50. The molecule has 1 fully saturated rings. The van der Waals surface area contributed by atoms with Gasteiger partial charge in [0.2, 0.25) is 5.92 Å². The van der Waals surface area contributed by atoms with Gasteiger partial charge in [-0.25, -0.2) is 13.8 Å². The van der Waals surface area contributed by atoms with Gasteiger partial charge in [0, 0.05) is 38.4 Å². The topological polar surface area (TPSA) is 63.2 Å². The van der Waals surface area contributed by atoms with Gasteiger partial charge in [0.15, 0.2) is 0 Å². The third-order valence-electron chi connectivity index (χ3n) is 5.05. The van der Waals surface area contributed by atoms with Gasteiger partial charge in [0.1, 0.15) is 5.82 Å². The second-order valence-electron chi connectivity index (χ2n) is 7.11. The second-order valence-corrected chi connectivity index (χ2v) is 7.52. The number of carbonyl (C=O) groups excluding carboxylic acids is 1. The summed E-state index contributed by atoms with van der Waals surface area (Å²) < 4.78 is 31.6. The van der Waals surface area contributed by atoms with Crippen molar-refractivity contribution in [2.24, 2.45) is 5.92 Å². The molecule has 2 N–H and O–H groups in total. The number of halogens is 3. The fraction of sp³-hybridized carbons (Fsp3) is 0.500. The minimum atomic E-state index is -2.57. The van der Waals surface area contributed by atoms with Crippen LogP contribution in [0.3, 0.4) is 0 Å². The van der Waals surface area contributed by atoms with Gasteiger partial charge in [0.05, 0.1) is 22.7 Å². The van der Waals surface area contributed by atoms with E-state index < -0.39 is 5.92 Å². The van der Waals surface area contributed by atoms with Gasteiger partial charge in [-0.2, -0.15) is 0 Å². The lowest BCUT2D eigenvalue weighted by Crippen LogP contribution is -2.34.